The fourth-order valence-electron chi connectivity index (χ4n) is 3.41. The zero-order chi connectivity index (χ0) is 20.4. The molecule has 29 heavy (non-hydrogen) atoms. The van der Waals surface area contributed by atoms with E-state index in [0.717, 1.165) is 0 Å². The Labute approximate surface area is 167 Å². The third kappa shape index (κ3) is 4.09. The topological polar surface area (TPSA) is 101 Å². The van der Waals surface area contributed by atoms with Gasteiger partial charge in [0.15, 0.2) is 17.3 Å². The van der Waals surface area contributed by atoms with Crippen LogP contribution in [0.3, 0.4) is 0 Å². The summed E-state index contributed by atoms with van der Waals surface area (Å²) in [6.07, 6.45) is 2.90. The van der Waals surface area contributed by atoms with Crippen LogP contribution in [0.2, 0.25) is 0 Å². The second-order valence-electron chi connectivity index (χ2n) is 6.94. The molecule has 0 saturated carbocycles. The predicted molar refractivity (Wildman–Crippen MR) is 102 cm³/mol. The van der Waals surface area contributed by atoms with Crippen LogP contribution >= 0.6 is 0 Å². The third-order valence-corrected chi connectivity index (χ3v) is 4.96. The number of ether oxygens (including phenoxy) is 2. The number of benzene rings is 1. The van der Waals surface area contributed by atoms with Gasteiger partial charge in [0.1, 0.15) is 6.26 Å². The van der Waals surface area contributed by atoms with E-state index in [4.69, 9.17) is 13.9 Å². The van der Waals surface area contributed by atoms with Crippen LogP contribution in [0.1, 0.15) is 27.6 Å². The average Bonchev–Trinajstić information content (AvgIpc) is 3.39. The maximum atomic E-state index is 12.5. The lowest BCUT2D eigenvalue weighted by Crippen LogP contribution is -2.50. The van der Waals surface area contributed by atoms with Crippen LogP contribution < -0.4 is 14.8 Å². The molecular formula is C20H21N3O6. The Balaban J connectivity index is 1.34. The number of nitrogens with zero attached hydrogens (tertiary/aromatic N) is 2. The molecule has 152 valence electrons. The fourth-order valence-corrected chi connectivity index (χ4v) is 3.41. The molecule has 0 atom stereocenters. The maximum absolute atomic E-state index is 12.5. The molecule has 2 aromatic rings. The summed E-state index contributed by atoms with van der Waals surface area (Å²) in [5.74, 6) is 0.503. The molecule has 1 aromatic heterocycles. The maximum Gasteiger partial charge on any atom is 0.257 e. The standard InChI is InChI=1S/C20H21N3O6/c1-13(24)15-8-17-18(29-12-28-17)9-16(15)21-19(25)10-22-3-5-23(6-4-22)20(26)14-2-7-27-11-14/h2,7-9,11H,3-6,10,12H2,1H3,(H,21,25). The van der Waals surface area contributed by atoms with Crippen molar-refractivity contribution in [1.29, 1.82) is 0 Å². The van der Waals surface area contributed by atoms with E-state index in [1.165, 1.54) is 19.5 Å². The van der Waals surface area contributed by atoms with Gasteiger partial charge >= 0.3 is 0 Å². The van der Waals surface area contributed by atoms with E-state index in [0.29, 0.717) is 54.5 Å². The number of nitrogens with one attached hydrogen (secondary N) is 1. The molecule has 1 N–H and O–H groups in total. The number of fused-ring (bicyclic) bond motifs is 1. The van der Waals surface area contributed by atoms with Gasteiger partial charge in [0.2, 0.25) is 12.7 Å². The molecule has 9 heteroatoms. The zero-order valence-corrected chi connectivity index (χ0v) is 16.0. The highest BCUT2D eigenvalue weighted by atomic mass is 16.7. The molecule has 1 fully saturated rings. The number of ketones is 1. The van der Waals surface area contributed by atoms with E-state index < -0.39 is 0 Å². The average molecular weight is 399 g/mol. The number of piperazine rings is 1. The van der Waals surface area contributed by atoms with Crippen LogP contribution in [0, 0.1) is 0 Å². The summed E-state index contributed by atoms with van der Waals surface area (Å²) in [4.78, 5) is 40.5. The Kier molecular flexibility index (Phi) is 5.22. The van der Waals surface area contributed by atoms with Crippen LogP contribution in [0.5, 0.6) is 11.5 Å². The predicted octanol–water partition coefficient (Wildman–Crippen LogP) is 1.61. The first-order chi connectivity index (χ1) is 14.0. The number of hydrogen-bond acceptors (Lipinski definition) is 7. The Morgan fingerprint density at radius 3 is 2.45 bits per heavy atom. The normalized spacial score (nSPS) is 16.0. The van der Waals surface area contributed by atoms with Gasteiger partial charge in [0.05, 0.1) is 24.1 Å². The number of anilines is 1. The van der Waals surface area contributed by atoms with Gasteiger partial charge in [-0.3, -0.25) is 19.3 Å². The summed E-state index contributed by atoms with van der Waals surface area (Å²) in [5, 5.41) is 2.80. The summed E-state index contributed by atoms with van der Waals surface area (Å²) >= 11 is 0. The number of carbonyl (C=O) groups is 3. The summed E-state index contributed by atoms with van der Waals surface area (Å²) in [6.45, 7) is 3.91. The number of carbonyl (C=O) groups excluding carboxylic acids is 3. The van der Waals surface area contributed by atoms with Gasteiger partial charge in [0, 0.05) is 37.8 Å². The van der Waals surface area contributed by atoms with Gasteiger partial charge in [-0.05, 0) is 19.1 Å². The molecular weight excluding hydrogens is 378 g/mol. The van der Waals surface area contributed by atoms with E-state index in [1.54, 1.807) is 23.1 Å². The summed E-state index contributed by atoms with van der Waals surface area (Å²) in [6, 6.07) is 4.83. The van der Waals surface area contributed by atoms with Crippen LogP contribution in [0.4, 0.5) is 5.69 Å². The molecule has 9 nitrogen and oxygen atoms in total. The van der Waals surface area contributed by atoms with E-state index in [1.807, 2.05) is 4.90 Å². The highest BCUT2D eigenvalue weighted by molar-refractivity contribution is 6.05. The highest BCUT2D eigenvalue weighted by Gasteiger charge is 2.25. The number of hydrogen-bond donors (Lipinski definition) is 1. The van der Waals surface area contributed by atoms with Crippen molar-refractivity contribution in [1.82, 2.24) is 9.80 Å². The van der Waals surface area contributed by atoms with Gasteiger partial charge in [0.25, 0.3) is 5.91 Å². The van der Waals surface area contributed by atoms with Crippen molar-refractivity contribution >= 4 is 23.3 Å². The molecule has 0 unspecified atom stereocenters. The number of furan rings is 1. The molecule has 2 amide bonds. The molecule has 1 aromatic carbocycles. The van der Waals surface area contributed by atoms with Crippen molar-refractivity contribution in [2.75, 3.05) is 44.8 Å². The van der Waals surface area contributed by atoms with Gasteiger partial charge < -0.3 is 24.1 Å². The van der Waals surface area contributed by atoms with Crippen LogP contribution in [-0.4, -0.2) is 66.9 Å². The van der Waals surface area contributed by atoms with E-state index in [-0.39, 0.29) is 30.9 Å². The molecule has 0 radical (unpaired) electrons. The molecule has 0 spiro atoms. The van der Waals surface area contributed by atoms with Crippen molar-refractivity contribution in [2.45, 2.75) is 6.92 Å². The first kappa shape index (κ1) is 19.0. The minimum Gasteiger partial charge on any atom is -0.472 e. The minimum absolute atomic E-state index is 0.0747. The van der Waals surface area contributed by atoms with Crippen molar-refractivity contribution in [3.05, 3.63) is 41.9 Å². The molecule has 0 bridgehead atoms. The van der Waals surface area contributed by atoms with Gasteiger partial charge in [-0.25, -0.2) is 0 Å². The van der Waals surface area contributed by atoms with Crippen molar-refractivity contribution in [3.63, 3.8) is 0 Å². The third-order valence-electron chi connectivity index (χ3n) is 4.96. The van der Waals surface area contributed by atoms with Gasteiger partial charge in [-0.2, -0.15) is 0 Å². The Morgan fingerprint density at radius 2 is 1.79 bits per heavy atom. The fraction of sp³-hybridized carbons (Fsp3) is 0.350. The SMILES string of the molecule is CC(=O)c1cc2c(cc1NC(=O)CN1CCN(C(=O)c3ccoc3)CC1)OCO2. The first-order valence-corrected chi connectivity index (χ1v) is 9.29. The van der Waals surface area contributed by atoms with E-state index in [9.17, 15) is 14.4 Å². The van der Waals surface area contributed by atoms with Crippen LogP contribution in [0.25, 0.3) is 0 Å². The quantitative estimate of drug-likeness (QED) is 0.762. The summed E-state index contributed by atoms with van der Waals surface area (Å²) in [7, 11) is 0. The molecule has 2 aliphatic heterocycles. The Hall–Kier alpha value is -3.33. The molecule has 4 rings (SSSR count). The van der Waals surface area contributed by atoms with Crippen LogP contribution in [-0.2, 0) is 4.79 Å². The van der Waals surface area contributed by atoms with Crippen molar-refractivity contribution in [3.8, 4) is 11.5 Å². The highest BCUT2D eigenvalue weighted by Crippen LogP contribution is 2.37. The van der Waals surface area contributed by atoms with Gasteiger partial charge in [-0.1, -0.05) is 0 Å². The van der Waals surface area contributed by atoms with Crippen molar-refractivity contribution in [2.24, 2.45) is 0 Å². The molecule has 3 heterocycles. The lowest BCUT2D eigenvalue weighted by molar-refractivity contribution is -0.117. The molecule has 1 saturated heterocycles. The Morgan fingerprint density at radius 1 is 1.07 bits per heavy atom. The second-order valence-corrected chi connectivity index (χ2v) is 6.94. The molecule has 2 aliphatic rings. The Bertz CT molecular complexity index is 932. The smallest absolute Gasteiger partial charge is 0.257 e. The van der Waals surface area contributed by atoms with Gasteiger partial charge in [-0.15, -0.1) is 0 Å². The lowest BCUT2D eigenvalue weighted by atomic mass is 10.1. The molecule has 0 aliphatic carbocycles. The zero-order valence-electron chi connectivity index (χ0n) is 16.0. The first-order valence-electron chi connectivity index (χ1n) is 9.29. The minimum atomic E-state index is -0.235. The second kappa shape index (κ2) is 7.96. The van der Waals surface area contributed by atoms with Crippen LogP contribution in [0.15, 0.2) is 35.1 Å². The lowest BCUT2D eigenvalue weighted by Gasteiger charge is -2.34. The largest absolute Gasteiger partial charge is 0.472 e. The summed E-state index contributed by atoms with van der Waals surface area (Å²) < 4.78 is 15.6. The van der Waals surface area contributed by atoms with E-state index in [2.05, 4.69) is 5.32 Å². The summed E-state index contributed by atoms with van der Waals surface area (Å²) in [5.41, 5.74) is 1.30. The van der Waals surface area contributed by atoms with Crippen molar-refractivity contribution < 1.29 is 28.3 Å². The number of Topliss-reactive ketones (excluding diaryl/α,β-unsaturated/α-hetero) is 1. The number of rotatable bonds is 5. The monoisotopic (exact) mass is 399 g/mol. The van der Waals surface area contributed by atoms with E-state index >= 15 is 0 Å². The number of amides is 2.